The monoisotopic (exact) mass is 316 g/mol. The molecule has 1 aromatic carbocycles. The number of anilines is 1. The number of rotatable bonds is 5. The largest absolute Gasteiger partial charge is 0.494 e. The first kappa shape index (κ1) is 16.9. The van der Waals surface area contributed by atoms with Crippen molar-refractivity contribution in [2.45, 2.75) is 33.7 Å². The number of nitrogens with one attached hydrogen (secondary N) is 2. The molecule has 0 fully saturated rings. The number of hydrogen-bond acceptors (Lipinski definition) is 3. The molecule has 0 saturated carbocycles. The van der Waals surface area contributed by atoms with Crippen LogP contribution in [-0.4, -0.2) is 22.4 Å². The van der Waals surface area contributed by atoms with Crippen molar-refractivity contribution in [3.63, 3.8) is 0 Å². The summed E-state index contributed by atoms with van der Waals surface area (Å²) in [7, 11) is 1.87. The van der Waals surface area contributed by atoms with Crippen molar-refractivity contribution in [1.82, 2.24) is 15.1 Å². The van der Waals surface area contributed by atoms with Gasteiger partial charge < -0.3 is 15.4 Å². The van der Waals surface area contributed by atoms with Crippen molar-refractivity contribution in [3.8, 4) is 5.75 Å². The maximum absolute atomic E-state index is 12.2. The summed E-state index contributed by atoms with van der Waals surface area (Å²) in [6.07, 6.45) is 1.92. The van der Waals surface area contributed by atoms with Gasteiger partial charge in [0.2, 0.25) is 0 Å². The number of amides is 2. The first-order valence-electron chi connectivity index (χ1n) is 7.71. The van der Waals surface area contributed by atoms with Gasteiger partial charge in [-0.1, -0.05) is 0 Å². The summed E-state index contributed by atoms with van der Waals surface area (Å²) in [5, 5.41) is 10.1. The SMILES string of the molecule is CCOc1ccc(NC(=O)N[C@H](C)c2cn(C)nc2C)cc1C. The molecule has 1 atom stereocenters. The van der Waals surface area contributed by atoms with Crippen LogP contribution in [0.25, 0.3) is 0 Å². The predicted octanol–water partition coefficient (Wildman–Crippen LogP) is 3.32. The molecule has 0 bridgehead atoms. The van der Waals surface area contributed by atoms with Crippen LogP contribution in [0.2, 0.25) is 0 Å². The Balaban J connectivity index is 1.99. The van der Waals surface area contributed by atoms with E-state index in [1.54, 1.807) is 4.68 Å². The standard InChI is InChI=1S/C17H24N4O2/c1-6-23-16-8-7-14(9-11(16)2)19-17(22)18-12(3)15-10-21(5)20-13(15)4/h7-10,12H,6H2,1-5H3,(H2,18,19,22)/t12-/m1/s1. The Morgan fingerprint density at radius 3 is 2.70 bits per heavy atom. The molecule has 0 aliphatic heterocycles. The van der Waals surface area contributed by atoms with Gasteiger partial charge in [-0.2, -0.15) is 5.10 Å². The van der Waals surface area contributed by atoms with E-state index in [1.165, 1.54) is 0 Å². The Morgan fingerprint density at radius 1 is 1.39 bits per heavy atom. The van der Waals surface area contributed by atoms with Gasteiger partial charge >= 0.3 is 6.03 Å². The summed E-state index contributed by atoms with van der Waals surface area (Å²) in [6.45, 7) is 8.39. The Labute approximate surface area is 136 Å². The van der Waals surface area contributed by atoms with E-state index < -0.39 is 0 Å². The quantitative estimate of drug-likeness (QED) is 0.889. The topological polar surface area (TPSA) is 68.2 Å². The van der Waals surface area contributed by atoms with Crippen molar-refractivity contribution in [2.75, 3.05) is 11.9 Å². The Hall–Kier alpha value is -2.50. The molecule has 0 aliphatic carbocycles. The van der Waals surface area contributed by atoms with Gasteiger partial charge in [-0.05, 0) is 51.5 Å². The molecule has 0 aliphatic rings. The van der Waals surface area contributed by atoms with E-state index in [0.29, 0.717) is 6.61 Å². The molecule has 124 valence electrons. The highest BCUT2D eigenvalue weighted by Crippen LogP contribution is 2.22. The second-order valence-electron chi connectivity index (χ2n) is 5.58. The molecule has 0 unspecified atom stereocenters. The lowest BCUT2D eigenvalue weighted by Gasteiger charge is -2.15. The number of nitrogens with zero attached hydrogens (tertiary/aromatic N) is 2. The zero-order chi connectivity index (χ0) is 17.0. The first-order valence-corrected chi connectivity index (χ1v) is 7.71. The van der Waals surface area contributed by atoms with Crippen LogP contribution in [0.4, 0.5) is 10.5 Å². The van der Waals surface area contributed by atoms with Crippen LogP contribution in [0.5, 0.6) is 5.75 Å². The highest BCUT2D eigenvalue weighted by atomic mass is 16.5. The fourth-order valence-corrected chi connectivity index (χ4v) is 2.53. The summed E-state index contributed by atoms with van der Waals surface area (Å²) < 4.78 is 7.24. The molecule has 2 N–H and O–H groups in total. The van der Waals surface area contributed by atoms with Gasteiger partial charge in [0.15, 0.2) is 0 Å². The van der Waals surface area contributed by atoms with Crippen LogP contribution < -0.4 is 15.4 Å². The van der Waals surface area contributed by atoms with E-state index in [4.69, 9.17) is 4.74 Å². The van der Waals surface area contributed by atoms with Crippen LogP contribution in [0.15, 0.2) is 24.4 Å². The predicted molar refractivity (Wildman–Crippen MR) is 90.9 cm³/mol. The number of carbonyl (C=O) groups is 1. The third-order valence-corrected chi connectivity index (χ3v) is 3.60. The van der Waals surface area contributed by atoms with Crippen LogP contribution in [-0.2, 0) is 7.05 Å². The van der Waals surface area contributed by atoms with Gasteiger partial charge in [0.25, 0.3) is 0 Å². The van der Waals surface area contributed by atoms with E-state index in [9.17, 15) is 4.79 Å². The van der Waals surface area contributed by atoms with E-state index >= 15 is 0 Å². The van der Waals surface area contributed by atoms with E-state index in [-0.39, 0.29) is 12.1 Å². The van der Waals surface area contributed by atoms with Gasteiger partial charge in [0.05, 0.1) is 18.3 Å². The third kappa shape index (κ3) is 4.25. The number of benzene rings is 1. The molecule has 2 aromatic rings. The zero-order valence-electron chi connectivity index (χ0n) is 14.3. The lowest BCUT2D eigenvalue weighted by atomic mass is 10.1. The molecule has 2 amide bonds. The molecule has 0 spiro atoms. The molecular formula is C17H24N4O2. The van der Waals surface area contributed by atoms with Gasteiger partial charge in [0.1, 0.15) is 5.75 Å². The van der Waals surface area contributed by atoms with Crippen molar-refractivity contribution in [1.29, 1.82) is 0 Å². The van der Waals surface area contributed by atoms with Crippen LogP contribution in [0, 0.1) is 13.8 Å². The normalized spacial score (nSPS) is 11.9. The van der Waals surface area contributed by atoms with E-state index in [1.807, 2.05) is 59.1 Å². The molecule has 2 rings (SSSR count). The van der Waals surface area contributed by atoms with Crippen LogP contribution in [0.1, 0.15) is 36.7 Å². The summed E-state index contributed by atoms with van der Waals surface area (Å²) in [6, 6.07) is 5.22. The summed E-state index contributed by atoms with van der Waals surface area (Å²) in [5.41, 5.74) is 3.64. The Bertz CT molecular complexity index is 694. The van der Waals surface area contributed by atoms with E-state index in [2.05, 4.69) is 15.7 Å². The second kappa shape index (κ2) is 7.17. The molecule has 0 radical (unpaired) electrons. The average molecular weight is 316 g/mol. The van der Waals surface area contributed by atoms with Crippen molar-refractivity contribution >= 4 is 11.7 Å². The lowest BCUT2D eigenvalue weighted by molar-refractivity contribution is 0.249. The fourth-order valence-electron chi connectivity index (χ4n) is 2.53. The van der Waals surface area contributed by atoms with Crippen molar-refractivity contribution in [2.24, 2.45) is 7.05 Å². The molecule has 6 heteroatoms. The van der Waals surface area contributed by atoms with Crippen LogP contribution >= 0.6 is 0 Å². The highest BCUT2D eigenvalue weighted by molar-refractivity contribution is 5.89. The molecular weight excluding hydrogens is 292 g/mol. The summed E-state index contributed by atoms with van der Waals surface area (Å²) >= 11 is 0. The maximum Gasteiger partial charge on any atom is 0.319 e. The van der Waals surface area contributed by atoms with Gasteiger partial charge in [-0.15, -0.1) is 0 Å². The molecule has 1 heterocycles. The van der Waals surface area contributed by atoms with Crippen molar-refractivity contribution < 1.29 is 9.53 Å². The van der Waals surface area contributed by atoms with E-state index in [0.717, 1.165) is 28.3 Å². The van der Waals surface area contributed by atoms with Gasteiger partial charge in [-0.25, -0.2) is 4.79 Å². The van der Waals surface area contributed by atoms with Crippen molar-refractivity contribution in [3.05, 3.63) is 41.2 Å². The lowest BCUT2D eigenvalue weighted by Crippen LogP contribution is -2.31. The molecule has 1 aromatic heterocycles. The highest BCUT2D eigenvalue weighted by Gasteiger charge is 2.14. The third-order valence-electron chi connectivity index (χ3n) is 3.60. The minimum atomic E-state index is -0.246. The number of aromatic nitrogens is 2. The molecule has 23 heavy (non-hydrogen) atoms. The first-order chi connectivity index (χ1) is 10.9. The van der Waals surface area contributed by atoms with Gasteiger partial charge in [-0.3, -0.25) is 4.68 Å². The number of aryl methyl sites for hydroxylation is 3. The number of ether oxygens (including phenoxy) is 1. The summed E-state index contributed by atoms with van der Waals surface area (Å²) in [5.74, 6) is 0.831. The maximum atomic E-state index is 12.2. The fraction of sp³-hybridized carbons (Fsp3) is 0.412. The second-order valence-corrected chi connectivity index (χ2v) is 5.58. The zero-order valence-corrected chi connectivity index (χ0v) is 14.3. The average Bonchev–Trinajstić information content (AvgIpc) is 2.81. The number of carbonyl (C=O) groups excluding carboxylic acids is 1. The van der Waals surface area contributed by atoms with Gasteiger partial charge in [0, 0.05) is 24.5 Å². The minimum Gasteiger partial charge on any atom is -0.494 e. The minimum absolute atomic E-state index is 0.118. The number of hydrogen-bond donors (Lipinski definition) is 2. The molecule has 6 nitrogen and oxygen atoms in total. The molecule has 0 saturated heterocycles. The Morgan fingerprint density at radius 2 is 2.13 bits per heavy atom. The smallest absolute Gasteiger partial charge is 0.319 e. The van der Waals surface area contributed by atoms with Crippen LogP contribution in [0.3, 0.4) is 0 Å². The number of urea groups is 1. The Kier molecular flexibility index (Phi) is 5.26. The summed E-state index contributed by atoms with van der Waals surface area (Å²) in [4.78, 5) is 12.2.